The Hall–Kier alpha value is -1.92. The van der Waals surface area contributed by atoms with E-state index in [1.54, 1.807) is 0 Å². The van der Waals surface area contributed by atoms with Crippen LogP contribution < -0.4 is 5.32 Å². The third kappa shape index (κ3) is 4.02. The van der Waals surface area contributed by atoms with Gasteiger partial charge in [-0.05, 0) is 25.7 Å². The molecule has 1 heterocycles. The molecule has 3 rings (SSSR count). The number of hydrogen-bond acceptors (Lipinski definition) is 4. The molecule has 138 valence electrons. The second kappa shape index (κ2) is 7.97. The highest BCUT2D eigenvalue weighted by atomic mass is 16.2. The topological polar surface area (TPSA) is 86.8 Å². The van der Waals surface area contributed by atoms with Gasteiger partial charge in [-0.2, -0.15) is 0 Å². The molecule has 0 aromatic heterocycles. The molecule has 3 aliphatic rings. The SMILES string of the molecule is O=C(CN1C(=O)C(=O)N(C2CCCC2)C1=O)NC1CCCCCCC1. The van der Waals surface area contributed by atoms with Gasteiger partial charge in [-0.3, -0.25) is 19.3 Å². The summed E-state index contributed by atoms with van der Waals surface area (Å²) >= 11 is 0. The monoisotopic (exact) mass is 349 g/mol. The first-order chi connectivity index (χ1) is 12.1. The van der Waals surface area contributed by atoms with E-state index in [1.807, 2.05) is 0 Å². The molecule has 0 spiro atoms. The zero-order chi connectivity index (χ0) is 17.8. The van der Waals surface area contributed by atoms with Gasteiger partial charge in [0.15, 0.2) is 0 Å². The Balaban J connectivity index is 1.57. The standard InChI is InChI=1S/C18H27N3O4/c22-15(19-13-8-4-2-1-3-5-9-13)12-20-16(23)17(24)21(18(20)25)14-10-6-7-11-14/h13-14H,1-12H2,(H,19,22). The molecule has 1 saturated heterocycles. The van der Waals surface area contributed by atoms with Crippen LogP contribution in [-0.2, 0) is 14.4 Å². The molecule has 7 heteroatoms. The summed E-state index contributed by atoms with van der Waals surface area (Å²) in [5, 5.41) is 2.94. The van der Waals surface area contributed by atoms with E-state index in [-0.39, 0.29) is 24.5 Å². The number of rotatable bonds is 4. The first-order valence-electron chi connectivity index (χ1n) is 9.56. The Morgan fingerprint density at radius 1 is 0.840 bits per heavy atom. The van der Waals surface area contributed by atoms with E-state index in [2.05, 4.69) is 5.32 Å². The second-order valence-corrected chi connectivity index (χ2v) is 7.40. The lowest BCUT2D eigenvalue weighted by atomic mass is 9.97. The van der Waals surface area contributed by atoms with Gasteiger partial charge in [0.2, 0.25) is 5.91 Å². The lowest BCUT2D eigenvalue weighted by molar-refractivity contribution is -0.144. The fourth-order valence-corrected chi connectivity index (χ4v) is 4.16. The molecule has 2 aliphatic carbocycles. The number of imide groups is 2. The van der Waals surface area contributed by atoms with Gasteiger partial charge >= 0.3 is 17.8 Å². The maximum absolute atomic E-state index is 12.5. The molecule has 0 unspecified atom stereocenters. The predicted octanol–water partition coefficient (Wildman–Crippen LogP) is 1.95. The number of carbonyl (C=O) groups excluding carboxylic acids is 4. The van der Waals surface area contributed by atoms with Gasteiger partial charge in [0, 0.05) is 12.1 Å². The normalized spacial score (nSPS) is 23.9. The average Bonchev–Trinajstić information content (AvgIpc) is 3.14. The smallest absolute Gasteiger partial charge is 0.334 e. The number of amides is 5. The van der Waals surface area contributed by atoms with Crippen LogP contribution in [0.25, 0.3) is 0 Å². The molecular weight excluding hydrogens is 322 g/mol. The van der Waals surface area contributed by atoms with Gasteiger partial charge in [0.25, 0.3) is 0 Å². The van der Waals surface area contributed by atoms with Gasteiger partial charge in [0.05, 0.1) is 0 Å². The summed E-state index contributed by atoms with van der Waals surface area (Å²) in [5.41, 5.74) is 0. The largest absolute Gasteiger partial charge is 0.352 e. The van der Waals surface area contributed by atoms with Crippen LogP contribution in [0.5, 0.6) is 0 Å². The summed E-state index contributed by atoms with van der Waals surface area (Å²) in [5.74, 6) is -2.01. The van der Waals surface area contributed by atoms with Crippen LogP contribution in [0.2, 0.25) is 0 Å². The minimum absolute atomic E-state index is 0.0993. The van der Waals surface area contributed by atoms with Crippen molar-refractivity contribution in [1.29, 1.82) is 0 Å². The van der Waals surface area contributed by atoms with Crippen molar-refractivity contribution >= 4 is 23.8 Å². The van der Waals surface area contributed by atoms with Crippen LogP contribution in [-0.4, -0.2) is 52.2 Å². The molecule has 0 radical (unpaired) electrons. The molecule has 0 aromatic rings. The first kappa shape index (κ1) is 17.9. The van der Waals surface area contributed by atoms with Crippen LogP contribution >= 0.6 is 0 Å². The van der Waals surface area contributed by atoms with Gasteiger partial charge in [-0.1, -0.05) is 44.9 Å². The number of nitrogens with one attached hydrogen (secondary N) is 1. The lowest BCUT2D eigenvalue weighted by Gasteiger charge is -2.23. The van der Waals surface area contributed by atoms with Crippen LogP contribution in [0, 0.1) is 0 Å². The lowest BCUT2D eigenvalue weighted by Crippen LogP contribution is -2.45. The maximum atomic E-state index is 12.5. The van der Waals surface area contributed by atoms with Crippen molar-refractivity contribution in [3.8, 4) is 0 Å². The van der Waals surface area contributed by atoms with E-state index in [4.69, 9.17) is 0 Å². The number of carbonyl (C=O) groups is 4. The fourth-order valence-electron chi connectivity index (χ4n) is 4.16. The van der Waals surface area contributed by atoms with E-state index in [0.717, 1.165) is 61.2 Å². The van der Waals surface area contributed by atoms with Gasteiger partial charge in [-0.15, -0.1) is 0 Å². The van der Waals surface area contributed by atoms with Crippen molar-refractivity contribution < 1.29 is 19.2 Å². The molecule has 1 aliphatic heterocycles. The van der Waals surface area contributed by atoms with Crippen molar-refractivity contribution in [3.05, 3.63) is 0 Å². The number of hydrogen-bond donors (Lipinski definition) is 1. The van der Waals surface area contributed by atoms with Crippen molar-refractivity contribution in [2.24, 2.45) is 0 Å². The summed E-state index contributed by atoms with van der Waals surface area (Å²) in [6.07, 6.45) is 11.0. The third-order valence-electron chi connectivity index (χ3n) is 5.55. The van der Waals surface area contributed by atoms with E-state index in [9.17, 15) is 19.2 Å². The minimum Gasteiger partial charge on any atom is -0.352 e. The highest BCUT2D eigenvalue weighted by Gasteiger charge is 2.48. The summed E-state index contributed by atoms with van der Waals surface area (Å²) in [7, 11) is 0. The fraction of sp³-hybridized carbons (Fsp3) is 0.778. The van der Waals surface area contributed by atoms with Crippen LogP contribution in [0.3, 0.4) is 0 Å². The number of nitrogens with zero attached hydrogens (tertiary/aromatic N) is 2. The van der Waals surface area contributed by atoms with E-state index in [1.165, 1.54) is 19.3 Å². The van der Waals surface area contributed by atoms with Crippen LogP contribution in [0.4, 0.5) is 4.79 Å². The minimum atomic E-state index is -0.871. The first-order valence-corrected chi connectivity index (χ1v) is 9.56. The zero-order valence-corrected chi connectivity index (χ0v) is 14.7. The van der Waals surface area contributed by atoms with E-state index in [0.29, 0.717) is 0 Å². The van der Waals surface area contributed by atoms with Crippen molar-refractivity contribution in [2.45, 2.75) is 82.7 Å². The Kier molecular flexibility index (Phi) is 5.71. The molecule has 2 saturated carbocycles. The molecule has 0 aromatic carbocycles. The molecule has 25 heavy (non-hydrogen) atoms. The summed E-state index contributed by atoms with van der Waals surface area (Å²) in [4.78, 5) is 50.9. The van der Waals surface area contributed by atoms with E-state index >= 15 is 0 Å². The highest BCUT2D eigenvalue weighted by Crippen LogP contribution is 2.27. The molecular formula is C18H27N3O4. The van der Waals surface area contributed by atoms with Crippen LogP contribution in [0.15, 0.2) is 0 Å². The highest BCUT2D eigenvalue weighted by molar-refractivity contribution is 6.45. The molecule has 3 fully saturated rings. The number of urea groups is 1. The second-order valence-electron chi connectivity index (χ2n) is 7.40. The summed E-state index contributed by atoms with van der Waals surface area (Å²) in [6.45, 7) is -0.358. The summed E-state index contributed by atoms with van der Waals surface area (Å²) in [6, 6.07) is -0.723. The molecule has 0 atom stereocenters. The van der Waals surface area contributed by atoms with Crippen molar-refractivity contribution in [3.63, 3.8) is 0 Å². The molecule has 7 nitrogen and oxygen atoms in total. The van der Waals surface area contributed by atoms with Gasteiger partial charge in [0.1, 0.15) is 6.54 Å². The molecule has 0 bridgehead atoms. The summed E-state index contributed by atoms with van der Waals surface area (Å²) < 4.78 is 0. The quantitative estimate of drug-likeness (QED) is 0.621. The van der Waals surface area contributed by atoms with Crippen molar-refractivity contribution in [2.75, 3.05) is 6.54 Å². The molecule has 1 N–H and O–H groups in total. The Labute approximate surface area is 148 Å². The van der Waals surface area contributed by atoms with Gasteiger partial charge < -0.3 is 5.32 Å². The Bertz CT molecular complexity index is 549. The van der Waals surface area contributed by atoms with E-state index < -0.39 is 17.8 Å². The van der Waals surface area contributed by atoms with Crippen molar-refractivity contribution in [1.82, 2.24) is 15.1 Å². The maximum Gasteiger partial charge on any atom is 0.334 e. The Morgan fingerprint density at radius 3 is 2.04 bits per heavy atom. The molecule has 5 amide bonds. The Morgan fingerprint density at radius 2 is 1.40 bits per heavy atom. The third-order valence-corrected chi connectivity index (χ3v) is 5.55. The predicted molar refractivity (Wildman–Crippen MR) is 90.5 cm³/mol. The zero-order valence-electron chi connectivity index (χ0n) is 14.7. The van der Waals surface area contributed by atoms with Gasteiger partial charge in [-0.25, -0.2) is 9.69 Å². The average molecular weight is 349 g/mol. The van der Waals surface area contributed by atoms with Crippen LogP contribution in [0.1, 0.15) is 70.6 Å².